The minimum Gasteiger partial charge on any atom is -0.322 e. The third kappa shape index (κ3) is 2.90. The zero-order valence-electron chi connectivity index (χ0n) is 9.46. The highest BCUT2D eigenvalue weighted by atomic mass is 16.1. The van der Waals surface area contributed by atoms with E-state index in [1.807, 2.05) is 6.07 Å². The molecule has 4 heteroatoms. The average Bonchev–Trinajstić information content (AvgIpc) is 2.40. The monoisotopic (exact) mass is 238 g/mol. The van der Waals surface area contributed by atoms with Crippen molar-refractivity contribution in [2.24, 2.45) is 4.99 Å². The van der Waals surface area contributed by atoms with Crippen molar-refractivity contribution in [3.63, 3.8) is 0 Å². The van der Waals surface area contributed by atoms with Gasteiger partial charge in [-0.2, -0.15) is 4.99 Å². The van der Waals surface area contributed by atoms with Crippen molar-refractivity contribution in [3.8, 4) is 0 Å². The van der Waals surface area contributed by atoms with E-state index in [0.29, 0.717) is 16.9 Å². The van der Waals surface area contributed by atoms with Gasteiger partial charge in [0.25, 0.3) is 5.91 Å². The van der Waals surface area contributed by atoms with Crippen LogP contribution in [0.4, 0.5) is 11.4 Å². The van der Waals surface area contributed by atoms with E-state index in [1.165, 1.54) is 6.08 Å². The molecule has 0 bridgehead atoms. The van der Waals surface area contributed by atoms with Crippen molar-refractivity contribution < 1.29 is 9.59 Å². The van der Waals surface area contributed by atoms with Crippen LogP contribution < -0.4 is 5.32 Å². The molecule has 0 aliphatic rings. The lowest BCUT2D eigenvalue weighted by molar-refractivity contribution is 0.102. The summed E-state index contributed by atoms with van der Waals surface area (Å²) < 4.78 is 0. The number of anilines is 1. The second kappa shape index (κ2) is 5.57. The van der Waals surface area contributed by atoms with Crippen molar-refractivity contribution in [2.75, 3.05) is 5.32 Å². The maximum absolute atomic E-state index is 11.9. The SMILES string of the molecule is O=C=Nc1cccc(NC(=O)c2ccccc2)c1. The molecule has 0 fully saturated rings. The number of isocyanates is 1. The van der Waals surface area contributed by atoms with E-state index >= 15 is 0 Å². The summed E-state index contributed by atoms with van der Waals surface area (Å²) in [6, 6.07) is 15.6. The lowest BCUT2D eigenvalue weighted by Crippen LogP contribution is -2.11. The van der Waals surface area contributed by atoms with E-state index in [0.717, 1.165) is 0 Å². The fourth-order valence-electron chi connectivity index (χ4n) is 1.50. The maximum Gasteiger partial charge on any atom is 0.255 e. The van der Waals surface area contributed by atoms with Gasteiger partial charge in [-0.1, -0.05) is 24.3 Å². The topological polar surface area (TPSA) is 58.5 Å². The van der Waals surface area contributed by atoms with Crippen LogP contribution in [0.2, 0.25) is 0 Å². The van der Waals surface area contributed by atoms with Gasteiger partial charge >= 0.3 is 0 Å². The Morgan fingerprint density at radius 2 is 1.83 bits per heavy atom. The zero-order valence-corrected chi connectivity index (χ0v) is 9.46. The molecule has 0 unspecified atom stereocenters. The number of benzene rings is 2. The summed E-state index contributed by atoms with van der Waals surface area (Å²) in [5, 5.41) is 2.73. The number of nitrogens with zero attached hydrogens (tertiary/aromatic N) is 1. The number of rotatable bonds is 3. The number of amides is 1. The van der Waals surface area contributed by atoms with Crippen LogP contribution in [0.1, 0.15) is 10.4 Å². The number of carbonyl (C=O) groups is 1. The smallest absolute Gasteiger partial charge is 0.255 e. The van der Waals surface area contributed by atoms with Gasteiger partial charge < -0.3 is 5.32 Å². The Morgan fingerprint density at radius 1 is 1.06 bits per heavy atom. The van der Waals surface area contributed by atoms with Crippen molar-refractivity contribution >= 4 is 23.4 Å². The largest absolute Gasteiger partial charge is 0.322 e. The summed E-state index contributed by atoms with van der Waals surface area (Å²) in [5.41, 5.74) is 1.61. The van der Waals surface area contributed by atoms with E-state index < -0.39 is 0 Å². The van der Waals surface area contributed by atoms with E-state index in [2.05, 4.69) is 10.3 Å². The molecule has 88 valence electrons. The molecule has 1 N–H and O–H groups in total. The third-order valence-corrected chi connectivity index (χ3v) is 2.31. The lowest BCUT2D eigenvalue weighted by Gasteiger charge is -2.05. The van der Waals surface area contributed by atoms with Gasteiger partial charge in [-0.3, -0.25) is 4.79 Å². The van der Waals surface area contributed by atoms with Crippen LogP contribution in [0.15, 0.2) is 59.6 Å². The molecule has 0 radical (unpaired) electrons. The van der Waals surface area contributed by atoms with Gasteiger partial charge in [-0.15, -0.1) is 0 Å². The van der Waals surface area contributed by atoms with E-state index in [1.54, 1.807) is 48.5 Å². The molecule has 18 heavy (non-hydrogen) atoms. The Balaban J connectivity index is 2.17. The highest BCUT2D eigenvalue weighted by molar-refractivity contribution is 6.04. The van der Waals surface area contributed by atoms with Crippen molar-refractivity contribution in [1.29, 1.82) is 0 Å². The van der Waals surface area contributed by atoms with E-state index in [-0.39, 0.29) is 5.91 Å². The first-order chi connectivity index (χ1) is 8.79. The van der Waals surface area contributed by atoms with Gasteiger partial charge in [0.05, 0.1) is 5.69 Å². The van der Waals surface area contributed by atoms with Crippen LogP contribution in [-0.2, 0) is 4.79 Å². The second-order valence-electron chi connectivity index (χ2n) is 3.57. The summed E-state index contributed by atoms with van der Waals surface area (Å²) >= 11 is 0. The van der Waals surface area contributed by atoms with Crippen molar-refractivity contribution in [3.05, 3.63) is 60.2 Å². The predicted molar refractivity (Wildman–Crippen MR) is 68.6 cm³/mol. The Hall–Kier alpha value is -2.71. The molecule has 4 nitrogen and oxygen atoms in total. The average molecular weight is 238 g/mol. The Kier molecular flexibility index (Phi) is 3.64. The molecule has 0 saturated heterocycles. The molecule has 2 aromatic rings. The fourth-order valence-corrected chi connectivity index (χ4v) is 1.50. The highest BCUT2D eigenvalue weighted by Gasteiger charge is 2.04. The molecule has 2 rings (SSSR count). The number of hydrogen-bond acceptors (Lipinski definition) is 3. The van der Waals surface area contributed by atoms with Crippen LogP contribution in [0.5, 0.6) is 0 Å². The molecule has 0 atom stereocenters. The minimum absolute atomic E-state index is 0.206. The Labute approximate surface area is 104 Å². The minimum atomic E-state index is -0.206. The molecule has 0 spiro atoms. The molecule has 1 amide bonds. The zero-order chi connectivity index (χ0) is 12.8. The van der Waals surface area contributed by atoms with Gasteiger partial charge in [0.15, 0.2) is 0 Å². The first-order valence-corrected chi connectivity index (χ1v) is 5.34. The summed E-state index contributed by atoms with van der Waals surface area (Å²) in [4.78, 5) is 25.5. The fraction of sp³-hybridized carbons (Fsp3) is 0. The molecule has 0 aliphatic heterocycles. The first kappa shape index (κ1) is 11.8. The van der Waals surface area contributed by atoms with E-state index in [9.17, 15) is 9.59 Å². The lowest BCUT2D eigenvalue weighted by atomic mass is 10.2. The van der Waals surface area contributed by atoms with Crippen LogP contribution in [0.3, 0.4) is 0 Å². The molecular weight excluding hydrogens is 228 g/mol. The Morgan fingerprint density at radius 3 is 2.56 bits per heavy atom. The number of hydrogen-bond donors (Lipinski definition) is 1. The maximum atomic E-state index is 11.9. The summed E-state index contributed by atoms with van der Waals surface area (Å²) in [7, 11) is 0. The first-order valence-electron chi connectivity index (χ1n) is 5.34. The molecule has 0 heterocycles. The molecule has 0 aliphatic carbocycles. The molecule has 0 saturated carbocycles. The van der Waals surface area contributed by atoms with Gasteiger partial charge in [0.1, 0.15) is 0 Å². The number of aliphatic imine (C=N–C) groups is 1. The standard InChI is InChI=1S/C14H10N2O2/c17-10-15-12-7-4-8-13(9-12)16-14(18)11-5-2-1-3-6-11/h1-9H,(H,16,18). The second-order valence-corrected chi connectivity index (χ2v) is 3.57. The van der Waals surface area contributed by atoms with Crippen LogP contribution in [-0.4, -0.2) is 12.0 Å². The van der Waals surface area contributed by atoms with Crippen molar-refractivity contribution in [1.82, 2.24) is 0 Å². The van der Waals surface area contributed by atoms with Crippen molar-refractivity contribution in [2.45, 2.75) is 0 Å². The number of carbonyl (C=O) groups excluding carboxylic acids is 2. The van der Waals surface area contributed by atoms with Gasteiger partial charge in [-0.05, 0) is 30.3 Å². The Bertz CT molecular complexity index is 602. The van der Waals surface area contributed by atoms with Gasteiger partial charge in [-0.25, -0.2) is 4.79 Å². The predicted octanol–water partition coefficient (Wildman–Crippen LogP) is 2.91. The van der Waals surface area contributed by atoms with Crippen LogP contribution >= 0.6 is 0 Å². The van der Waals surface area contributed by atoms with Crippen LogP contribution in [0, 0.1) is 0 Å². The normalized spacial score (nSPS) is 9.33. The third-order valence-electron chi connectivity index (χ3n) is 2.31. The van der Waals surface area contributed by atoms with Gasteiger partial charge in [0, 0.05) is 11.3 Å². The molecule has 2 aromatic carbocycles. The molecular formula is C14H10N2O2. The number of nitrogens with one attached hydrogen (secondary N) is 1. The summed E-state index contributed by atoms with van der Waals surface area (Å²) in [6.45, 7) is 0. The summed E-state index contributed by atoms with van der Waals surface area (Å²) in [5.74, 6) is -0.206. The summed E-state index contributed by atoms with van der Waals surface area (Å²) in [6.07, 6.45) is 1.46. The van der Waals surface area contributed by atoms with E-state index in [4.69, 9.17) is 0 Å². The van der Waals surface area contributed by atoms with Gasteiger partial charge in [0.2, 0.25) is 6.08 Å². The molecule has 0 aromatic heterocycles. The van der Waals surface area contributed by atoms with Crippen LogP contribution in [0.25, 0.3) is 0 Å². The quantitative estimate of drug-likeness (QED) is 0.660. The highest BCUT2D eigenvalue weighted by Crippen LogP contribution is 2.17.